The Morgan fingerprint density at radius 1 is 1.05 bits per heavy atom. The summed E-state index contributed by atoms with van der Waals surface area (Å²) in [5.74, 6) is 0.520. The highest BCUT2D eigenvalue weighted by Gasteiger charge is 2.06. The number of rotatable bonds is 3. The van der Waals surface area contributed by atoms with Crippen molar-refractivity contribution in [2.24, 2.45) is 0 Å². The van der Waals surface area contributed by atoms with Gasteiger partial charge in [-0.15, -0.1) is 0 Å². The van der Waals surface area contributed by atoms with Gasteiger partial charge in [0.25, 0.3) is 0 Å². The van der Waals surface area contributed by atoms with Crippen LogP contribution in [0.4, 0.5) is 0 Å². The lowest BCUT2D eigenvalue weighted by atomic mass is 10.1. The number of hydrogen-bond donors (Lipinski definition) is 0. The second-order valence-corrected chi connectivity index (χ2v) is 3.38. The van der Waals surface area contributed by atoms with Crippen molar-refractivity contribution < 1.29 is 4.42 Å². The van der Waals surface area contributed by atoms with Crippen LogP contribution >= 0.6 is 0 Å². The van der Waals surface area contributed by atoms with Gasteiger partial charge in [0.05, 0.1) is 10.8 Å². The SMILES string of the molecule is C=C/C=c1/oc(/C=C\C)c(C=C)c(=O)/c1=C/C.CC.CC. The molecule has 0 bridgehead atoms. The molecule has 2 heteroatoms. The fraction of sp³-hybridized carbons (Fsp3) is 0.316. The molecule has 116 valence electrons. The lowest BCUT2D eigenvalue weighted by Gasteiger charge is -2.00. The van der Waals surface area contributed by atoms with E-state index < -0.39 is 0 Å². The summed E-state index contributed by atoms with van der Waals surface area (Å²) in [4.78, 5) is 12.2. The molecule has 1 rings (SSSR count). The summed E-state index contributed by atoms with van der Waals surface area (Å²) in [5.41, 5.74) is 0.929. The van der Waals surface area contributed by atoms with Gasteiger partial charge in [-0.3, -0.25) is 4.79 Å². The fourth-order valence-corrected chi connectivity index (χ4v) is 1.57. The Labute approximate surface area is 128 Å². The minimum atomic E-state index is -0.0741. The van der Waals surface area contributed by atoms with E-state index in [0.717, 1.165) is 0 Å². The minimum absolute atomic E-state index is 0.0741. The first-order valence-corrected chi connectivity index (χ1v) is 7.40. The molecule has 0 aliphatic carbocycles. The van der Waals surface area contributed by atoms with Gasteiger partial charge in [-0.05, 0) is 26.0 Å². The Kier molecular flexibility index (Phi) is 13.1. The van der Waals surface area contributed by atoms with Gasteiger partial charge in [-0.25, -0.2) is 0 Å². The summed E-state index contributed by atoms with van der Waals surface area (Å²) in [6.45, 7) is 18.9. The lowest BCUT2D eigenvalue weighted by Crippen LogP contribution is -2.40. The van der Waals surface area contributed by atoms with Crippen molar-refractivity contribution in [3.63, 3.8) is 0 Å². The van der Waals surface area contributed by atoms with Gasteiger partial charge in [0.15, 0.2) is 5.43 Å². The molecule has 21 heavy (non-hydrogen) atoms. The molecule has 0 N–H and O–H groups in total. The van der Waals surface area contributed by atoms with Crippen molar-refractivity contribution in [2.45, 2.75) is 41.5 Å². The second-order valence-electron chi connectivity index (χ2n) is 3.38. The van der Waals surface area contributed by atoms with Crippen molar-refractivity contribution in [3.8, 4) is 0 Å². The van der Waals surface area contributed by atoms with Crippen LogP contribution in [0.15, 0.2) is 34.5 Å². The third-order valence-corrected chi connectivity index (χ3v) is 2.32. The molecular weight excluding hydrogens is 260 g/mol. The van der Waals surface area contributed by atoms with E-state index in [1.165, 1.54) is 6.08 Å². The molecule has 0 aromatic carbocycles. The average molecular weight is 288 g/mol. The summed E-state index contributed by atoms with van der Waals surface area (Å²) >= 11 is 0. The largest absolute Gasteiger partial charge is 0.456 e. The van der Waals surface area contributed by atoms with Crippen LogP contribution in [0.2, 0.25) is 0 Å². The van der Waals surface area contributed by atoms with Gasteiger partial charge in [0, 0.05) is 0 Å². The van der Waals surface area contributed by atoms with E-state index in [-0.39, 0.29) is 5.43 Å². The van der Waals surface area contributed by atoms with E-state index in [0.29, 0.717) is 22.0 Å². The van der Waals surface area contributed by atoms with Crippen molar-refractivity contribution in [2.75, 3.05) is 0 Å². The van der Waals surface area contributed by atoms with E-state index in [2.05, 4.69) is 13.2 Å². The van der Waals surface area contributed by atoms with Crippen LogP contribution < -0.4 is 16.1 Å². The topological polar surface area (TPSA) is 30.2 Å². The molecule has 1 aromatic rings. The second kappa shape index (κ2) is 12.9. The smallest absolute Gasteiger partial charge is 0.200 e. The molecule has 0 amide bonds. The number of allylic oxidation sites excluding steroid dienone is 2. The van der Waals surface area contributed by atoms with Crippen LogP contribution in [0.3, 0.4) is 0 Å². The molecule has 0 saturated heterocycles. The van der Waals surface area contributed by atoms with Gasteiger partial charge in [-0.2, -0.15) is 0 Å². The molecule has 0 radical (unpaired) electrons. The highest BCUT2D eigenvalue weighted by atomic mass is 16.3. The standard InChI is InChI=1S/C15H16O2.2C2H6/c1-5-9-13-11(7-3)15(16)12(8-4)14(17-13)10-6-2;2*1-2/h5-10H,1,4H2,2-3H3;2*1-2H3/b10-6-,11-7+,13-9+;;. The molecule has 0 atom stereocenters. The third kappa shape index (κ3) is 5.82. The van der Waals surface area contributed by atoms with Crippen LogP contribution in [0.25, 0.3) is 24.3 Å². The molecule has 1 heterocycles. The molecule has 0 aliphatic rings. The summed E-state index contributed by atoms with van der Waals surface area (Å²) < 4.78 is 5.67. The Bertz CT molecular complexity index is 629. The summed E-state index contributed by atoms with van der Waals surface area (Å²) in [6.07, 6.45) is 10.1. The monoisotopic (exact) mass is 288 g/mol. The van der Waals surface area contributed by atoms with Crippen LogP contribution in [-0.2, 0) is 0 Å². The Hall–Kier alpha value is -2.09. The van der Waals surface area contributed by atoms with Crippen LogP contribution in [0.1, 0.15) is 52.9 Å². The Balaban J connectivity index is 0. The molecule has 2 nitrogen and oxygen atoms in total. The van der Waals surface area contributed by atoms with Crippen LogP contribution in [0, 0.1) is 0 Å². The first-order valence-electron chi connectivity index (χ1n) is 7.40. The fourth-order valence-electron chi connectivity index (χ4n) is 1.57. The van der Waals surface area contributed by atoms with Gasteiger partial charge in [0.2, 0.25) is 0 Å². The molecule has 0 fully saturated rings. The molecule has 0 aliphatic heterocycles. The Morgan fingerprint density at radius 2 is 1.62 bits per heavy atom. The van der Waals surface area contributed by atoms with Gasteiger partial charge in [-0.1, -0.05) is 65.2 Å². The van der Waals surface area contributed by atoms with Gasteiger partial charge >= 0.3 is 0 Å². The first kappa shape index (κ1) is 21.2. The average Bonchev–Trinajstić information content (AvgIpc) is 2.52. The molecule has 0 unspecified atom stereocenters. The van der Waals surface area contributed by atoms with Gasteiger partial charge in [0.1, 0.15) is 11.2 Å². The highest BCUT2D eigenvalue weighted by Crippen LogP contribution is 2.04. The maximum Gasteiger partial charge on any atom is 0.200 e. The Morgan fingerprint density at radius 3 is 2.00 bits per heavy atom. The van der Waals surface area contributed by atoms with E-state index in [1.807, 2.05) is 40.7 Å². The zero-order chi connectivity index (χ0) is 16.8. The van der Waals surface area contributed by atoms with Crippen molar-refractivity contribution in [1.29, 1.82) is 0 Å². The molecule has 1 aromatic heterocycles. The maximum atomic E-state index is 12.2. The molecule has 0 spiro atoms. The third-order valence-electron chi connectivity index (χ3n) is 2.32. The van der Waals surface area contributed by atoms with Crippen molar-refractivity contribution in [3.05, 3.63) is 57.5 Å². The van der Waals surface area contributed by atoms with E-state index in [1.54, 1.807) is 31.2 Å². The number of hydrogen-bond acceptors (Lipinski definition) is 2. The van der Waals surface area contributed by atoms with E-state index in [9.17, 15) is 4.79 Å². The maximum absolute atomic E-state index is 12.2. The zero-order valence-corrected chi connectivity index (χ0v) is 14.2. The normalized spacial score (nSPS) is 11.3. The van der Waals surface area contributed by atoms with E-state index >= 15 is 0 Å². The lowest BCUT2D eigenvalue weighted by molar-refractivity contribution is 0.497. The summed E-state index contributed by atoms with van der Waals surface area (Å²) in [5, 5.41) is 0.535. The predicted molar refractivity (Wildman–Crippen MR) is 96.5 cm³/mol. The first-order chi connectivity index (χ1) is 10.2. The van der Waals surface area contributed by atoms with Crippen LogP contribution in [0.5, 0.6) is 0 Å². The van der Waals surface area contributed by atoms with Gasteiger partial charge < -0.3 is 4.42 Å². The quantitative estimate of drug-likeness (QED) is 0.837. The predicted octanol–water partition coefficient (Wildman–Crippen LogP) is 4.14. The summed E-state index contributed by atoms with van der Waals surface area (Å²) in [6, 6.07) is 0. The van der Waals surface area contributed by atoms with Crippen molar-refractivity contribution in [1.82, 2.24) is 0 Å². The van der Waals surface area contributed by atoms with Crippen LogP contribution in [-0.4, -0.2) is 0 Å². The van der Waals surface area contributed by atoms with Crippen molar-refractivity contribution >= 4 is 24.3 Å². The minimum Gasteiger partial charge on any atom is -0.456 e. The summed E-state index contributed by atoms with van der Waals surface area (Å²) in [7, 11) is 0. The highest BCUT2D eigenvalue weighted by molar-refractivity contribution is 5.60. The molecular formula is C19H28O2. The zero-order valence-electron chi connectivity index (χ0n) is 14.2. The molecule has 0 saturated carbocycles. The van der Waals surface area contributed by atoms with E-state index in [4.69, 9.17) is 4.42 Å².